The molecule has 0 aliphatic carbocycles. The smallest absolute Gasteiger partial charge is 0.479 e. The molecule has 0 bridgehead atoms. The third-order valence-corrected chi connectivity index (χ3v) is 6.44. The first-order chi connectivity index (χ1) is 19.4. The summed E-state index contributed by atoms with van der Waals surface area (Å²) in [5, 5.41) is 38.9. The van der Waals surface area contributed by atoms with E-state index in [-0.39, 0.29) is 40.3 Å². The molecule has 5 atom stereocenters. The summed E-state index contributed by atoms with van der Waals surface area (Å²) in [6.07, 6.45) is -10.0. The zero-order valence-electron chi connectivity index (χ0n) is 20.5. The van der Waals surface area contributed by atoms with Crippen molar-refractivity contribution in [2.24, 2.45) is 15.2 Å². The number of rotatable bonds is 9. The molecule has 5 N–H and O–H groups in total. The van der Waals surface area contributed by atoms with Crippen molar-refractivity contribution in [3.8, 4) is 5.75 Å². The topological polar surface area (TPSA) is 212 Å². The number of fused-ring (bicyclic) bond motifs is 1. The molecule has 15 nitrogen and oxygen atoms in total. The molecule has 41 heavy (non-hydrogen) atoms. The Bertz CT molecular complexity index is 1540. The molecular weight excluding hydrogens is 581 g/mol. The number of carboxylic acids is 1. The number of halogens is 4. The van der Waals surface area contributed by atoms with Gasteiger partial charge in [0, 0.05) is 6.42 Å². The number of aliphatic carboxylic acids is 1. The Morgan fingerprint density at radius 2 is 2.02 bits per heavy atom. The largest absolute Gasteiger partial charge is 0.573 e. The van der Waals surface area contributed by atoms with Crippen LogP contribution in [0, 0.1) is 0 Å². The van der Waals surface area contributed by atoms with Crippen LogP contribution in [-0.4, -0.2) is 90.2 Å². The molecule has 0 spiro atoms. The number of carboxylic acid groups (broad SMARTS) is 1. The van der Waals surface area contributed by atoms with Gasteiger partial charge in [-0.2, -0.15) is 15.1 Å². The number of amidine groups is 1. The summed E-state index contributed by atoms with van der Waals surface area (Å²) in [7, 11) is 0. The zero-order valence-corrected chi connectivity index (χ0v) is 21.3. The van der Waals surface area contributed by atoms with Crippen LogP contribution in [0.15, 0.2) is 45.8 Å². The van der Waals surface area contributed by atoms with Crippen LogP contribution in [0.3, 0.4) is 0 Å². The van der Waals surface area contributed by atoms with Gasteiger partial charge in [-0.1, -0.05) is 12.1 Å². The highest BCUT2D eigenvalue weighted by Gasteiger charge is 2.50. The number of aliphatic hydroxyl groups excluding tert-OH is 2. The lowest BCUT2D eigenvalue weighted by Crippen LogP contribution is -2.52. The van der Waals surface area contributed by atoms with Crippen molar-refractivity contribution in [1.82, 2.24) is 19.5 Å². The van der Waals surface area contributed by atoms with Crippen LogP contribution in [0.2, 0.25) is 5.28 Å². The normalized spacial score (nSPS) is 24.0. The fourth-order valence-electron chi connectivity index (χ4n) is 4.42. The number of carbonyl (C=O) groups is 1. The lowest BCUT2D eigenvalue weighted by molar-refractivity contribution is -0.274. The van der Waals surface area contributed by atoms with Gasteiger partial charge in [-0.3, -0.25) is 4.57 Å². The van der Waals surface area contributed by atoms with Gasteiger partial charge in [-0.05, 0) is 29.3 Å². The molecular formula is C22H20ClF3N8O7. The predicted molar refractivity (Wildman–Crippen MR) is 131 cm³/mol. The number of aromatic nitrogens is 4. The number of hydrogen-bond acceptors (Lipinski definition) is 13. The van der Waals surface area contributed by atoms with Crippen molar-refractivity contribution in [3.63, 3.8) is 0 Å². The Hall–Kier alpha value is -3.97. The second-order valence-electron chi connectivity index (χ2n) is 8.93. The van der Waals surface area contributed by atoms with E-state index in [1.807, 2.05) is 0 Å². The van der Waals surface area contributed by atoms with Crippen molar-refractivity contribution in [1.29, 1.82) is 0 Å². The second kappa shape index (κ2) is 10.8. The summed E-state index contributed by atoms with van der Waals surface area (Å²) in [5.41, 5.74) is 3.78. The Morgan fingerprint density at radius 3 is 2.71 bits per heavy atom. The molecule has 3 aromatic rings. The zero-order chi connectivity index (χ0) is 29.5. The van der Waals surface area contributed by atoms with E-state index in [1.165, 1.54) is 23.0 Å². The SMILES string of the molecule is Nc1nc(Cl)nc2c1ncn2[C@@H]1O[C@H](COC(Cc2cccc(OC(F)(F)F)c2)(C(=O)O)C2=NCN=N2)[C@@H](O)[C@H]1O. The minimum absolute atomic E-state index is 0.0332. The molecule has 2 aliphatic rings. The van der Waals surface area contributed by atoms with Gasteiger partial charge in [-0.25, -0.2) is 14.8 Å². The van der Waals surface area contributed by atoms with E-state index in [4.69, 9.17) is 26.8 Å². The number of aliphatic imine (C=N–C) groups is 1. The van der Waals surface area contributed by atoms with Crippen molar-refractivity contribution in [2.45, 2.75) is 42.9 Å². The van der Waals surface area contributed by atoms with E-state index in [0.29, 0.717) is 0 Å². The summed E-state index contributed by atoms with van der Waals surface area (Å²) < 4.78 is 55.0. The van der Waals surface area contributed by atoms with Gasteiger partial charge in [0.15, 0.2) is 30.2 Å². The fourth-order valence-corrected chi connectivity index (χ4v) is 4.59. The van der Waals surface area contributed by atoms with Crippen molar-refractivity contribution in [3.05, 3.63) is 41.4 Å². The molecule has 1 aromatic carbocycles. The minimum Gasteiger partial charge on any atom is -0.479 e. The lowest BCUT2D eigenvalue weighted by atomic mass is 9.92. The van der Waals surface area contributed by atoms with Crippen LogP contribution >= 0.6 is 11.6 Å². The number of nitrogens with zero attached hydrogens (tertiary/aromatic N) is 7. The molecule has 218 valence electrons. The first kappa shape index (κ1) is 28.6. The standard InChI is InChI=1S/C22H20ClF3N8O7/c23-20-31-15(27)12-16(32-20)34(8-29-12)17-14(36)13(35)11(40-17)6-39-21(19(37)38,18-28-7-30-33-18)5-9-2-1-3-10(4-9)41-22(24,25)26/h1-4,8,11,13-14,17,35-36H,5-7H2,(H,37,38)(H2,27,31,32)/t11-,13-,14-,17-,21?/m1/s1. The molecule has 0 radical (unpaired) electrons. The first-order valence-corrected chi connectivity index (χ1v) is 12.1. The van der Waals surface area contributed by atoms with Crippen LogP contribution in [0.5, 0.6) is 5.75 Å². The van der Waals surface area contributed by atoms with E-state index in [2.05, 4.69) is 34.9 Å². The van der Waals surface area contributed by atoms with Gasteiger partial charge < -0.3 is 35.3 Å². The van der Waals surface area contributed by atoms with Crippen LogP contribution in [-0.2, 0) is 20.7 Å². The summed E-state index contributed by atoms with van der Waals surface area (Å²) in [6, 6.07) is 4.64. The van der Waals surface area contributed by atoms with Gasteiger partial charge in [0.25, 0.3) is 0 Å². The van der Waals surface area contributed by atoms with E-state index >= 15 is 0 Å². The molecule has 5 rings (SSSR count). The number of benzene rings is 1. The summed E-state index contributed by atoms with van der Waals surface area (Å²) in [4.78, 5) is 28.5. The van der Waals surface area contributed by atoms with E-state index < -0.39 is 61.2 Å². The van der Waals surface area contributed by atoms with Gasteiger partial charge >= 0.3 is 12.3 Å². The van der Waals surface area contributed by atoms with E-state index in [0.717, 1.165) is 12.1 Å². The van der Waals surface area contributed by atoms with Crippen LogP contribution in [0.25, 0.3) is 11.2 Å². The Kier molecular flexibility index (Phi) is 7.51. The molecule has 1 saturated heterocycles. The highest BCUT2D eigenvalue weighted by molar-refractivity contribution is 6.28. The van der Waals surface area contributed by atoms with E-state index in [1.54, 1.807) is 0 Å². The van der Waals surface area contributed by atoms with Gasteiger partial charge in [0.05, 0.1) is 12.9 Å². The van der Waals surface area contributed by atoms with Gasteiger partial charge in [-0.15, -0.1) is 18.3 Å². The quantitative estimate of drug-likeness (QED) is 0.258. The lowest BCUT2D eigenvalue weighted by Gasteiger charge is -2.29. The number of aliphatic hydroxyl groups is 2. The third-order valence-electron chi connectivity index (χ3n) is 6.27. The average molecular weight is 601 g/mol. The molecule has 0 amide bonds. The van der Waals surface area contributed by atoms with Crippen molar-refractivity contribution >= 4 is 40.4 Å². The predicted octanol–water partition coefficient (Wildman–Crippen LogP) is 1.48. The number of azo groups is 1. The summed E-state index contributed by atoms with van der Waals surface area (Å²) in [6.45, 7) is -0.825. The van der Waals surface area contributed by atoms with Crippen molar-refractivity contribution < 1.29 is 47.5 Å². The minimum atomic E-state index is -4.97. The summed E-state index contributed by atoms with van der Waals surface area (Å²) in [5.74, 6) is -2.57. The van der Waals surface area contributed by atoms with Crippen molar-refractivity contribution in [2.75, 3.05) is 19.0 Å². The number of imidazole rings is 1. The molecule has 2 aromatic heterocycles. The molecule has 19 heteroatoms. The molecule has 2 aliphatic heterocycles. The molecule has 1 unspecified atom stereocenters. The Labute approximate surface area is 232 Å². The third kappa shape index (κ3) is 5.64. The number of anilines is 1. The van der Waals surface area contributed by atoms with Crippen LogP contribution in [0.4, 0.5) is 19.0 Å². The molecule has 4 heterocycles. The first-order valence-electron chi connectivity index (χ1n) is 11.7. The summed E-state index contributed by atoms with van der Waals surface area (Å²) >= 11 is 5.89. The number of hydrogen-bond donors (Lipinski definition) is 4. The monoisotopic (exact) mass is 600 g/mol. The maximum Gasteiger partial charge on any atom is 0.573 e. The van der Waals surface area contributed by atoms with Gasteiger partial charge in [0.1, 0.15) is 29.6 Å². The molecule has 0 saturated carbocycles. The number of alkyl halides is 3. The maximum atomic E-state index is 12.7. The fraction of sp³-hybridized carbons (Fsp3) is 0.409. The average Bonchev–Trinajstić information content (AvgIpc) is 3.62. The highest BCUT2D eigenvalue weighted by atomic mass is 35.5. The number of ether oxygens (including phenoxy) is 3. The van der Waals surface area contributed by atoms with E-state index in [9.17, 15) is 33.3 Å². The van der Waals surface area contributed by atoms with Gasteiger partial charge in [0.2, 0.25) is 10.9 Å². The van der Waals surface area contributed by atoms with Crippen LogP contribution in [0.1, 0.15) is 11.8 Å². The van der Waals surface area contributed by atoms with Crippen LogP contribution < -0.4 is 10.5 Å². The number of nitrogen functional groups attached to an aromatic ring is 1. The number of nitrogens with two attached hydrogens (primary N) is 1. The highest BCUT2D eigenvalue weighted by Crippen LogP contribution is 2.34. The Balaban J connectivity index is 1.41. The second-order valence-corrected chi connectivity index (χ2v) is 9.27. The maximum absolute atomic E-state index is 12.7. The Morgan fingerprint density at radius 1 is 1.24 bits per heavy atom. The molecule has 1 fully saturated rings.